The van der Waals surface area contributed by atoms with Crippen molar-refractivity contribution in [2.75, 3.05) is 26.7 Å². The minimum Gasteiger partial charge on any atom is -0.378 e. The van der Waals surface area contributed by atoms with Gasteiger partial charge in [-0.2, -0.15) is 0 Å². The molecule has 0 atom stereocenters. The summed E-state index contributed by atoms with van der Waals surface area (Å²) < 4.78 is 18.7. The highest BCUT2D eigenvalue weighted by atomic mass is 19.1. The fourth-order valence-corrected chi connectivity index (χ4v) is 3.42. The molecule has 3 nitrogen and oxygen atoms in total. The fraction of sp³-hybridized carbons (Fsp3) is 0.632. The van der Waals surface area contributed by atoms with Crippen molar-refractivity contribution in [2.45, 2.75) is 45.1 Å². The minimum absolute atomic E-state index is 0.0143. The second kappa shape index (κ2) is 8.02. The third kappa shape index (κ3) is 4.61. The van der Waals surface area contributed by atoms with E-state index in [0.717, 1.165) is 38.9 Å². The molecule has 0 spiro atoms. The molecule has 0 aliphatic carbocycles. The van der Waals surface area contributed by atoms with E-state index < -0.39 is 0 Å². The number of halogens is 1. The van der Waals surface area contributed by atoms with E-state index in [1.54, 1.807) is 12.1 Å². The van der Waals surface area contributed by atoms with Crippen LogP contribution in [0.4, 0.5) is 4.39 Å². The zero-order valence-electron chi connectivity index (χ0n) is 14.5. The molecule has 4 heteroatoms. The zero-order chi connectivity index (χ0) is 16.9. The Labute approximate surface area is 138 Å². The number of methoxy groups -OCH3 is 1. The van der Waals surface area contributed by atoms with Crippen molar-refractivity contribution in [3.63, 3.8) is 0 Å². The molecule has 1 heterocycles. The lowest BCUT2D eigenvalue weighted by Crippen LogP contribution is -2.48. The van der Waals surface area contributed by atoms with Crippen LogP contribution >= 0.6 is 0 Å². The van der Waals surface area contributed by atoms with E-state index in [1.807, 2.05) is 7.11 Å². The summed E-state index contributed by atoms with van der Waals surface area (Å²) >= 11 is 0. The molecule has 1 fully saturated rings. The lowest BCUT2D eigenvalue weighted by Gasteiger charge is -2.43. The van der Waals surface area contributed by atoms with Gasteiger partial charge in [-0.05, 0) is 56.0 Å². The maximum absolute atomic E-state index is 12.9. The molecular weight excluding hydrogens is 293 g/mol. The van der Waals surface area contributed by atoms with Gasteiger partial charge in [-0.25, -0.2) is 4.39 Å². The van der Waals surface area contributed by atoms with Crippen LogP contribution in [-0.4, -0.2) is 43.0 Å². The van der Waals surface area contributed by atoms with E-state index in [-0.39, 0.29) is 17.2 Å². The van der Waals surface area contributed by atoms with Gasteiger partial charge < -0.3 is 9.64 Å². The first-order chi connectivity index (χ1) is 11.0. The van der Waals surface area contributed by atoms with Crippen LogP contribution in [0.5, 0.6) is 0 Å². The molecule has 1 aliphatic rings. The van der Waals surface area contributed by atoms with Crippen LogP contribution in [0.2, 0.25) is 0 Å². The van der Waals surface area contributed by atoms with Crippen molar-refractivity contribution >= 4 is 5.78 Å². The SMILES string of the molecule is COC1(C(C)C)CCN(CCCC(=O)c2ccc(F)cc2)CC1. The van der Waals surface area contributed by atoms with Gasteiger partial charge in [0.2, 0.25) is 0 Å². The third-order valence-corrected chi connectivity index (χ3v) is 5.21. The van der Waals surface area contributed by atoms with Crippen molar-refractivity contribution in [3.05, 3.63) is 35.6 Å². The predicted octanol–water partition coefficient (Wildman–Crippen LogP) is 3.93. The highest BCUT2D eigenvalue weighted by Gasteiger charge is 2.37. The molecule has 1 aliphatic heterocycles. The maximum Gasteiger partial charge on any atom is 0.162 e. The Morgan fingerprint density at radius 1 is 1.26 bits per heavy atom. The average molecular weight is 321 g/mol. The van der Waals surface area contributed by atoms with E-state index in [9.17, 15) is 9.18 Å². The minimum atomic E-state index is -0.304. The summed E-state index contributed by atoms with van der Waals surface area (Å²) in [4.78, 5) is 14.5. The average Bonchev–Trinajstić information content (AvgIpc) is 2.56. The molecule has 0 aromatic heterocycles. The number of hydrogen-bond donors (Lipinski definition) is 0. The van der Waals surface area contributed by atoms with Crippen molar-refractivity contribution in [2.24, 2.45) is 5.92 Å². The first kappa shape index (κ1) is 18.1. The lowest BCUT2D eigenvalue weighted by molar-refractivity contribution is -0.0885. The standard InChI is InChI=1S/C19H28FNO2/c1-15(2)19(23-3)10-13-21(14-11-19)12-4-5-18(22)16-6-8-17(20)9-7-16/h6-9,15H,4-5,10-14H2,1-3H3. The summed E-state index contributed by atoms with van der Waals surface area (Å²) in [7, 11) is 1.82. The highest BCUT2D eigenvalue weighted by Crippen LogP contribution is 2.33. The number of carbonyl (C=O) groups excluding carboxylic acids is 1. The predicted molar refractivity (Wildman–Crippen MR) is 90.2 cm³/mol. The summed E-state index contributed by atoms with van der Waals surface area (Å²) in [6, 6.07) is 5.81. The number of ketones is 1. The molecule has 0 bridgehead atoms. The van der Waals surface area contributed by atoms with E-state index in [4.69, 9.17) is 4.74 Å². The maximum atomic E-state index is 12.9. The molecule has 0 saturated carbocycles. The number of benzene rings is 1. The Balaban J connectivity index is 1.73. The van der Waals surface area contributed by atoms with Crippen LogP contribution in [0, 0.1) is 11.7 Å². The van der Waals surface area contributed by atoms with Crippen LogP contribution in [0.3, 0.4) is 0 Å². The van der Waals surface area contributed by atoms with Gasteiger partial charge >= 0.3 is 0 Å². The second-order valence-electron chi connectivity index (χ2n) is 6.80. The number of carbonyl (C=O) groups is 1. The Morgan fingerprint density at radius 2 is 1.87 bits per heavy atom. The number of ether oxygens (including phenoxy) is 1. The van der Waals surface area contributed by atoms with Gasteiger partial charge in [0.25, 0.3) is 0 Å². The molecule has 0 radical (unpaired) electrons. The molecule has 1 aromatic carbocycles. The number of rotatable bonds is 7. The number of likely N-dealkylation sites (tertiary alicyclic amines) is 1. The number of Topliss-reactive ketones (excluding diaryl/α,β-unsaturated/α-hetero) is 1. The van der Waals surface area contributed by atoms with Crippen LogP contribution in [-0.2, 0) is 4.74 Å². The van der Waals surface area contributed by atoms with Gasteiger partial charge in [0.15, 0.2) is 5.78 Å². The normalized spacial score (nSPS) is 18.3. The number of hydrogen-bond acceptors (Lipinski definition) is 3. The van der Waals surface area contributed by atoms with Gasteiger partial charge in [0.1, 0.15) is 5.82 Å². The van der Waals surface area contributed by atoms with Crippen LogP contribution < -0.4 is 0 Å². The Bertz CT molecular complexity index is 505. The Hall–Kier alpha value is -1.26. The summed E-state index contributed by atoms with van der Waals surface area (Å²) in [5.41, 5.74) is 0.615. The van der Waals surface area contributed by atoms with Crippen molar-refractivity contribution in [3.8, 4) is 0 Å². The molecule has 0 unspecified atom stereocenters. The van der Waals surface area contributed by atoms with E-state index in [2.05, 4.69) is 18.7 Å². The van der Waals surface area contributed by atoms with Crippen LogP contribution in [0.25, 0.3) is 0 Å². The van der Waals surface area contributed by atoms with E-state index in [1.165, 1.54) is 12.1 Å². The molecular formula is C19H28FNO2. The molecule has 1 saturated heterocycles. The van der Waals surface area contributed by atoms with Gasteiger partial charge in [-0.1, -0.05) is 13.8 Å². The van der Waals surface area contributed by atoms with Gasteiger partial charge in [-0.3, -0.25) is 4.79 Å². The number of piperidine rings is 1. The molecule has 0 N–H and O–H groups in total. The Morgan fingerprint density at radius 3 is 2.39 bits per heavy atom. The van der Waals surface area contributed by atoms with Crippen molar-refractivity contribution in [1.29, 1.82) is 0 Å². The summed E-state index contributed by atoms with van der Waals surface area (Å²) in [6.45, 7) is 7.43. The monoisotopic (exact) mass is 321 g/mol. The molecule has 128 valence electrons. The van der Waals surface area contributed by atoms with Crippen molar-refractivity contribution in [1.82, 2.24) is 4.90 Å². The van der Waals surface area contributed by atoms with E-state index >= 15 is 0 Å². The third-order valence-electron chi connectivity index (χ3n) is 5.21. The zero-order valence-corrected chi connectivity index (χ0v) is 14.5. The van der Waals surface area contributed by atoms with Gasteiger partial charge in [-0.15, -0.1) is 0 Å². The second-order valence-corrected chi connectivity index (χ2v) is 6.80. The van der Waals surface area contributed by atoms with Crippen LogP contribution in [0.1, 0.15) is 49.9 Å². The van der Waals surface area contributed by atoms with Crippen LogP contribution in [0.15, 0.2) is 24.3 Å². The molecule has 2 rings (SSSR count). The summed E-state index contributed by atoms with van der Waals surface area (Å²) in [5.74, 6) is 0.312. The first-order valence-corrected chi connectivity index (χ1v) is 8.53. The quantitative estimate of drug-likeness (QED) is 0.713. The number of nitrogens with zero attached hydrogens (tertiary/aromatic N) is 1. The lowest BCUT2D eigenvalue weighted by atomic mass is 9.81. The molecule has 23 heavy (non-hydrogen) atoms. The first-order valence-electron chi connectivity index (χ1n) is 8.53. The van der Waals surface area contributed by atoms with Gasteiger partial charge in [0.05, 0.1) is 5.60 Å². The molecule has 1 aromatic rings. The summed E-state index contributed by atoms with van der Waals surface area (Å²) in [5, 5.41) is 0. The van der Waals surface area contributed by atoms with Crippen molar-refractivity contribution < 1.29 is 13.9 Å². The Kier molecular flexibility index (Phi) is 6.31. The smallest absolute Gasteiger partial charge is 0.162 e. The van der Waals surface area contributed by atoms with Gasteiger partial charge in [0, 0.05) is 32.2 Å². The topological polar surface area (TPSA) is 29.5 Å². The largest absolute Gasteiger partial charge is 0.378 e. The summed E-state index contributed by atoms with van der Waals surface area (Å²) in [6.07, 6.45) is 3.46. The highest BCUT2D eigenvalue weighted by molar-refractivity contribution is 5.95. The van der Waals surface area contributed by atoms with E-state index in [0.29, 0.717) is 17.9 Å². The molecule has 0 amide bonds. The fourth-order valence-electron chi connectivity index (χ4n) is 3.42.